The second-order valence-corrected chi connectivity index (χ2v) is 6.46. The summed E-state index contributed by atoms with van der Waals surface area (Å²) in [5.41, 5.74) is 7.75. The van der Waals surface area contributed by atoms with Crippen LogP contribution in [0.15, 0.2) is 41.6 Å². The van der Waals surface area contributed by atoms with E-state index < -0.39 is 10.0 Å². The molecule has 7 nitrogen and oxygen atoms in total. The molecular formula is C13H15N5O2S. The Balaban J connectivity index is 1.93. The van der Waals surface area contributed by atoms with Gasteiger partial charge in [-0.15, -0.1) is 0 Å². The van der Waals surface area contributed by atoms with Crippen LogP contribution in [0.5, 0.6) is 0 Å². The number of anilines is 1. The van der Waals surface area contributed by atoms with Crippen LogP contribution in [0.25, 0.3) is 10.9 Å². The highest BCUT2D eigenvalue weighted by Gasteiger charge is 2.19. The molecule has 0 aliphatic heterocycles. The summed E-state index contributed by atoms with van der Waals surface area (Å²) < 4.78 is 29.0. The maximum Gasteiger partial charge on any atom is 0.243 e. The number of nitrogens with one attached hydrogen (secondary N) is 2. The second-order valence-electron chi connectivity index (χ2n) is 4.73. The number of rotatable bonds is 4. The van der Waals surface area contributed by atoms with E-state index in [4.69, 9.17) is 5.73 Å². The number of nitrogens with two attached hydrogens (primary N) is 1. The maximum atomic E-state index is 12.4. The number of hydrogen-bond acceptors (Lipinski definition) is 4. The Labute approximate surface area is 121 Å². The number of hydrogen-bond donors (Lipinski definition) is 3. The Bertz CT molecular complexity index is 894. The zero-order valence-electron chi connectivity index (χ0n) is 11.4. The molecule has 0 aliphatic rings. The molecule has 3 aromatic rings. The monoisotopic (exact) mass is 305 g/mol. The Morgan fingerprint density at radius 3 is 2.90 bits per heavy atom. The summed E-state index contributed by atoms with van der Waals surface area (Å²) in [5.74, 6) is 0. The molecule has 4 N–H and O–H groups in total. The molecular weight excluding hydrogens is 290 g/mol. The summed E-state index contributed by atoms with van der Waals surface area (Å²) in [7, 11) is -1.87. The number of H-pyrrole nitrogens is 1. The molecule has 0 atom stereocenters. The minimum Gasteiger partial charge on any atom is -0.399 e. The highest BCUT2D eigenvalue weighted by Crippen LogP contribution is 2.24. The van der Waals surface area contributed by atoms with Crippen LogP contribution in [0, 0.1) is 0 Å². The summed E-state index contributed by atoms with van der Waals surface area (Å²) in [6.07, 6.45) is 3.09. The normalized spacial score (nSPS) is 12.0. The molecule has 8 heteroatoms. The van der Waals surface area contributed by atoms with E-state index in [1.807, 2.05) is 0 Å². The number of aromatic nitrogens is 3. The second kappa shape index (κ2) is 4.90. The molecule has 0 aliphatic carbocycles. The minimum absolute atomic E-state index is 0.174. The molecule has 0 fully saturated rings. The van der Waals surface area contributed by atoms with E-state index in [2.05, 4.69) is 14.8 Å². The molecule has 0 saturated heterocycles. The van der Waals surface area contributed by atoms with Crippen LogP contribution < -0.4 is 10.5 Å². The fourth-order valence-electron chi connectivity index (χ4n) is 2.16. The van der Waals surface area contributed by atoms with E-state index in [9.17, 15) is 8.42 Å². The third-order valence-corrected chi connectivity index (χ3v) is 4.76. The molecule has 2 aromatic heterocycles. The van der Waals surface area contributed by atoms with Gasteiger partial charge in [0.25, 0.3) is 0 Å². The van der Waals surface area contributed by atoms with Crippen molar-refractivity contribution < 1.29 is 8.42 Å². The van der Waals surface area contributed by atoms with Crippen LogP contribution in [0.1, 0.15) is 5.69 Å². The predicted octanol–water partition coefficient (Wildman–Crippen LogP) is 0.962. The van der Waals surface area contributed by atoms with Gasteiger partial charge in [0, 0.05) is 36.0 Å². The van der Waals surface area contributed by atoms with Gasteiger partial charge in [-0.2, -0.15) is 5.10 Å². The van der Waals surface area contributed by atoms with Gasteiger partial charge in [0.2, 0.25) is 10.0 Å². The SMILES string of the molecule is Cn1nccc1CNS(=O)(=O)c1c[nH]c2ccc(N)cc12. The van der Waals surface area contributed by atoms with Crippen molar-refractivity contribution in [1.82, 2.24) is 19.5 Å². The van der Waals surface area contributed by atoms with Gasteiger partial charge >= 0.3 is 0 Å². The molecule has 21 heavy (non-hydrogen) atoms. The zero-order valence-corrected chi connectivity index (χ0v) is 12.2. The fraction of sp³-hybridized carbons (Fsp3) is 0.154. The van der Waals surface area contributed by atoms with E-state index >= 15 is 0 Å². The van der Waals surface area contributed by atoms with Gasteiger partial charge in [-0.25, -0.2) is 13.1 Å². The largest absolute Gasteiger partial charge is 0.399 e. The number of nitrogens with zero attached hydrogens (tertiary/aromatic N) is 2. The summed E-state index contributed by atoms with van der Waals surface area (Å²) in [5, 5.41) is 4.58. The van der Waals surface area contributed by atoms with E-state index in [1.165, 1.54) is 6.20 Å². The molecule has 0 saturated carbocycles. The van der Waals surface area contributed by atoms with Gasteiger partial charge in [-0.1, -0.05) is 0 Å². The molecule has 0 spiro atoms. The average Bonchev–Trinajstić information content (AvgIpc) is 3.02. The van der Waals surface area contributed by atoms with Crippen molar-refractivity contribution in [3.63, 3.8) is 0 Å². The quantitative estimate of drug-likeness (QED) is 0.624. The first-order valence-electron chi connectivity index (χ1n) is 6.30. The molecule has 3 rings (SSSR count). The lowest BCUT2D eigenvalue weighted by atomic mass is 10.2. The topological polar surface area (TPSA) is 106 Å². The molecule has 2 heterocycles. The summed E-state index contributed by atoms with van der Waals surface area (Å²) in [6, 6.07) is 6.88. The third kappa shape index (κ3) is 2.50. The molecule has 0 unspecified atom stereocenters. The van der Waals surface area contributed by atoms with Gasteiger partial charge in [-0.05, 0) is 24.3 Å². The predicted molar refractivity (Wildman–Crippen MR) is 79.9 cm³/mol. The van der Waals surface area contributed by atoms with Crippen molar-refractivity contribution in [3.05, 3.63) is 42.4 Å². The first-order chi connectivity index (χ1) is 9.97. The summed E-state index contributed by atoms with van der Waals surface area (Å²) >= 11 is 0. The fourth-order valence-corrected chi connectivity index (χ4v) is 3.32. The highest BCUT2D eigenvalue weighted by molar-refractivity contribution is 7.89. The lowest BCUT2D eigenvalue weighted by molar-refractivity contribution is 0.578. The van der Waals surface area contributed by atoms with Gasteiger partial charge in [-0.3, -0.25) is 4.68 Å². The van der Waals surface area contributed by atoms with Crippen LogP contribution in [0.2, 0.25) is 0 Å². The standard InChI is InChI=1S/C13H15N5O2S/c1-18-10(4-5-16-18)7-17-21(19,20)13-8-15-12-3-2-9(14)6-11(12)13/h2-6,8,15,17H,7,14H2,1H3. The van der Waals surface area contributed by atoms with E-state index in [1.54, 1.807) is 42.2 Å². The van der Waals surface area contributed by atoms with E-state index in [0.717, 1.165) is 11.2 Å². The number of aryl methyl sites for hydroxylation is 1. The first-order valence-corrected chi connectivity index (χ1v) is 7.79. The van der Waals surface area contributed by atoms with Crippen molar-refractivity contribution in [2.45, 2.75) is 11.4 Å². The summed E-state index contributed by atoms with van der Waals surface area (Å²) in [6.45, 7) is 0.174. The zero-order chi connectivity index (χ0) is 15.0. The van der Waals surface area contributed by atoms with Gasteiger partial charge in [0.05, 0.1) is 12.2 Å². The Morgan fingerprint density at radius 2 is 2.19 bits per heavy atom. The molecule has 0 bridgehead atoms. The number of sulfonamides is 1. The molecule has 110 valence electrons. The minimum atomic E-state index is -3.63. The average molecular weight is 305 g/mol. The third-order valence-electron chi connectivity index (χ3n) is 3.32. The number of nitrogen functional groups attached to an aromatic ring is 1. The van der Waals surface area contributed by atoms with Crippen LogP contribution in [-0.2, 0) is 23.6 Å². The maximum absolute atomic E-state index is 12.4. The molecule has 0 radical (unpaired) electrons. The number of fused-ring (bicyclic) bond motifs is 1. The van der Waals surface area contributed by atoms with Gasteiger partial charge < -0.3 is 10.7 Å². The van der Waals surface area contributed by atoms with Crippen molar-refractivity contribution in [2.75, 3.05) is 5.73 Å². The van der Waals surface area contributed by atoms with Gasteiger partial charge in [0.1, 0.15) is 4.90 Å². The Kier molecular flexibility index (Phi) is 3.19. The van der Waals surface area contributed by atoms with Crippen molar-refractivity contribution in [3.8, 4) is 0 Å². The molecule has 0 amide bonds. The van der Waals surface area contributed by atoms with E-state index in [0.29, 0.717) is 11.1 Å². The molecule has 1 aromatic carbocycles. The first kappa shape index (κ1) is 13.7. The van der Waals surface area contributed by atoms with Crippen LogP contribution in [-0.4, -0.2) is 23.2 Å². The van der Waals surface area contributed by atoms with Crippen LogP contribution in [0.3, 0.4) is 0 Å². The Hall–Kier alpha value is -2.32. The van der Waals surface area contributed by atoms with E-state index in [-0.39, 0.29) is 11.4 Å². The van der Waals surface area contributed by atoms with Crippen LogP contribution in [0.4, 0.5) is 5.69 Å². The number of benzene rings is 1. The lowest BCUT2D eigenvalue weighted by Crippen LogP contribution is -2.24. The van der Waals surface area contributed by atoms with Crippen molar-refractivity contribution in [2.24, 2.45) is 7.05 Å². The summed E-state index contributed by atoms with van der Waals surface area (Å²) in [4.78, 5) is 3.12. The smallest absolute Gasteiger partial charge is 0.243 e. The van der Waals surface area contributed by atoms with Crippen molar-refractivity contribution in [1.29, 1.82) is 0 Å². The Morgan fingerprint density at radius 1 is 1.38 bits per heavy atom. The number of aromatic amines is 1. The van der Waals surface area contributed by atoms with Crippen LogP contribution >= 0.6 is 0 Å². The lowest BCUT2D eigenvalue weighted by Gasteiger charge is -2.06. The highest BCUT2D eigenvalue weighted by atomic mass is 32.2. The van der Waals surface area contributed by atoms with Gasteiger partial charge in [0.15, 0.2) is 0 Å². The van der Waals surface area contributed by atoms with Crippen molar-refractivity contribution >= 4 is 26.6 Å².